The maximum Gasteiger partial charge on any atom is 0.131 e. The fourth-order valence-corrected chi connectivity index (χ4v) is 0.576. The summed E-state index contributed by atoms with van der Waals surface area (Å²) in [4.78, 5) is 3.69. The molecule has 1 aromatic heterocycles. The van der Waals surface area contributed by atoms with Crippen LogP contribution >= 0.6 is 11.6 Å². The Hall–Kier alpha value is -0.760. The zero-order chi connectivity index (χ0) is 5.98. The minimum absolute atomic E-state index is 0.373. The molecule has 0 amide bonds. The summed E-state index contributed by atoms with van der Waals surface area (Å²) >= 11 is 5.41. The molecule has 41 valence electrons. The van der Waals surface area contributed by atoms with E-state index >= 15 is 0 Å². The zero-order valence-corrected chi connectivity index (χ0v) is 4.81. The van der Waals surface area contributed by atoms with Gasteiger partial charge in [-0.25, -0.2) is 4.98 Å². The van der Waals surface area contributed by atoms with Gasteiger partial charge in [0.15, 0.2) is 0 Å². The Morgan fingerprint density at radius 3 is 2.75 bits per heavy atom. The molecule has 1 aromatic rings. The first-order valence-electron chi connectivity index (χ1n) is 2.12. The van der Waals surface area contributed by atoms with Crippen LogP contribution in [0.15, 0.2) is 18.3 Å². The number of nitrogens with one attached hydrogen (secondary N) is 1. The number of halogens is 1. The molecule has 0 fully saturated rings. The lowest BCUT2D eigenvalue weighted by molar-refractivity contribution is 1.30. The van der Waals surface area contributed by atoms with E-state index in [9.17, 15) is 0 Å². The molecular formula is C5H4ClN2. The van der Waals surface area contributed by atoms with Crippen molar-refractivity contribution in [1.82, 2.24) is 10.7 Å². The van der Waals surface area contributed by atoms with Crippen molar-refractivity contribution in [2.45, 2.75) is 0 Å². The molecule has 0 spiro atoms. The third kappa shape index (κ3) is 1.10. The molecule has 8 heavy (non-hydrogen) atoms. The van der Waals surface area contributed by atoms with Crippen LogP contribution in [-0.4, -0.2) is 4.98 Å². The minimum atomic E-state index is 0.373. The molecule has 0 unspecified atom stereocenters. The molecule has 1 N–H and O–H groups in total. The van der Waals surface area contributed by atoms with Crippen molar-refractivity contribution in [2.75, 3.05) is 0 Å². The van der Waals surface area contributed by atoms with E-state index in [2.05, 4.69) is 4.98 Å². The lowest BCUT2D eigenvalue weighted by Gasteiger charge is -1.87. The third-order valence-corrected chi connectivity index (χ3v) is 0.933. The fraction of sp³-hybridized carbons (Fsp3) is 0. The van der Waals surface area contributed by atoms with Gasteiger partial charge in [0.2, 0.25) is 0 Å². The van der Waals surface area contributed by atoms with Crippen LogP contribution in [0.25, 0.3) is 0 Å². The Bertz CT molecular complexity index is 170. The van der Waals surface area contributed by atoms with Gasteiger partial charge < -0.3 is 5.73 Å². The average Bonchev–Trinajstić information content (AvgIpc) is 1.64. The highest BCUT2D eigenvalue weighted by Crippen LogP contribution is 2.08. The third-order valence-electron chi connectivity index (χ3n) is 0.727. The van der Waals surface area contributed by atoms with Gasteiger partial charge in [0, 0.05) is 12.3 Å². The van der Waals surface area contributed by atoms with Crippen LogP contribution in [0.4, 0.5) is 5.69 Å². The Morgan fingerprint density at radius 1 is 1.62 bits per heavy atom. The molecule has 0 atom stereocenters. The van der Waals surface area contributed by atoms with E-state index in [-0.39, 0.29) is 0 Å². The molecule has 3 heteroatoms. The summed E-state index contributed by atoms with van der Waals surface area (Å²) in [5.41, 5.74) is 7.40. The molecule has 0 aliphatic heterocycles. The summed E-state index contributed by atoms with van der Waals surface area (Å²) in [5.74, 6) is 0. The quantitative estimate of drug-likeness (QED) is 0.488. The van der Waals surface area contributed by atoms with E-state index in [1.807, 2.05) is 0 Å². The molecule has 0 bridgehead atoms. The van der Waals surface area contributed by atoms with Crippen molar-refractivity contribution < 1.29 is 0 Å². The predicted molar refractivity (Wildman–Crippen MR) is 32.0 cm³/mol. The van der Waals surface area contributed by atoms with Gasteiger partial charge in [-0.2, -0.15) is 0 Å². The van der Waals surface area contributed by atoms with E-state index in [0.29, 0.717) is 10.8 Å². The molecule has 2 nitrogen and oxygen atoms in total. The number of aromatic nitrogens is 1. The van der Waals surface area contributed by atoms with Gasteiger partial charge in [0.05, 0.1) is 5.69 Å². The van der Waals surface area contributed by atoms with Crippen molar-refractivity contribution in [3.63, 3.8) is 0 Å². The van der Waals surface area contributed by atoms with Crippen LogP contribution in [0.1, 0.15) is 0 Å². The summed E-state index contributed by atoms with van der Waals surface area (Å²) < 4.78 is 0. The van der Waals surface area contributed by atoms with Gasteiger partial charge in [0.1, 0.15) is 5.15 Å². The maximum absolute atomic E-state index is 7.01. The second-order valence-corrected chi connectivity index (χ2v) is 1.75. The van der Waals surface area contributed by atoms with Crippen molar-refractivity contribution in [2.24, 2.45) is 0 Å². The largest absolute Gasteiger partial charge is 0.301 e. The molecule has 0 saturated heterocycles. The lowest BCUT2D eigenvalue weighted by atomic mass is 10.4. The molecule has 0 aromatic carbocycles. The van der Waals surface area contributed by atoms with Crippen molar-refractivity contribution in [3.8, 4) is 0 Å². The molecule has 1 radical (unpaired) electrons. The Kier molecular flexibility index (Phi) is 1.35. The van der Waals surface area contributed by atoms with Gasteiger partial charge in [-0.15, -0.1) is 0 Å². The van der Waals surface area contributed by atoms with E-state index in [0.717, 1.165) is 0 Å². The van der Waals surface area contributed by atoms with E-state index < -0.39 is 0 Å². The van der Waals surface area contributed by atoms with Crippen LogP contribution in [0.3, 0.4) is 0 Å². The smallest absolute Gasteiger partial charge is 0.131 e. The molecule has 1 heterocycles. The van der Waals surface area contributed by atoms with Gasteiger partial charge >= 0.3 is 0 Å². The summed E-state index contributed by atoms with van der Waals surface area (Å²) in [6.07, 6.45) is 1.50. The van der Waals surface area contributed by atoms with E-state index in [1.54, 1.807) is 6.07 Å². The van der Waals surface area contributed by atoms with Gasteiger partial charge in [-0.05, 0) is 6.07 Å². The highest BCUT2D eigenvalue weighted by Gasteiger charge is 1.85. The molecule has 0 aliphatic carbocycles. The number of nitrogens with zero attached hydrogens (tertiary/aromatic N) is 1. The summed E-state index contributed by atoms with van der Waals surface area (Å²) in [6, 6.07) is 3.06. The number of pyridine rings is 1. The van der Waals surface area contributed by atoms with E-state index in [4.69, 9.17) is 17.3 Å². The van der Waals surface area contributed by atoms with Crippen LogP contribution < -0.4 is 5.73 Å². The van der Waals surface area contributed by atoms with Crippen molar-refractivity contribution >= 4 is 17.3 Å². The van der Waals surface area contributed by atoms with Crippen LogP contribution in [0, 0.1) is 0 Å². The summed E-state index contributed by atoms with van der Waals surface area (Å²) in [5, 5.41) is 0.373. The molecule has 1 rings (SSSR count). The SMILES string of the molecule is [NH]c1ccnc(Cl)c1. The highest BCUT2D eigenvalue weighted by atomic mass is 35.5. The van der Waals surface area contributed by atoms with Gasteiger partial charge in [-0.1, -0.05) is 11.6 Å². The summed E-state index contributed by atoms with van der Waals surface area (Å²) in [6.45, 7) is 0. The van der Waals surface area contributed by atoms with Crippen molar-refractivity contribution in [1.29, 1.82) is 0 Å². The Balaban J connectivity index is 3.08. The fourth-order valence-electron chi connectivity index (χ4n) is 0.402. The van der Waals surface area contributed by atoms with Crippen LogP contribution in [-0.2, 0) is 0 Å². The minimum Gasteiger partial charge on any atom is -0.301 e. The van der Waals surface area contributed by atoms with Gasteiger partial charge in [-0.3, -0.25) is 0 Å². The first kappa shape index (κ1) is 5.38. The number of rotatable bonds is 0. The number of hydrogen-bond donors (Lipinski definition) is 0. The maximum atomic E-state index is 7.01. The second-order valence-electron chi connectivity index (χ2n) is 1.37. The second kappa shape index (κ2) is 2.01. The monoisotopic (exact) mass is 127 g/mol. The lowest BCUT2D eigenvalue weighted by Crippen LogP contribution is -1.72. The highest BCUT2D eigenvalue weighted by molar-refractivity contribution is 6.29. The molecular weight excluding hydrogens is 124 g/mol. The first-order chi connectivity index (χ1) is 3.79. The Labute approximate surface area is 52.3 Å². The van der Waals surface area contributed by atoms with Crippen molar-refractivity contribution in [3.05, 3.63) is 23.5 Å². The first-order valence-corrected chi connectivity index (χ1v) is 2.50. The summed E-state index contributed by atoms with van der Waals surface area (Å²) in [7, 11) is 0. The predicted octanol–water partition coefficient (Wildman–Crippen LogP) is 1.65. The van der Waals surface area contributed by atoms with Crippen LogP contribution in [0.2, 0.25) is 5.15 Å². The molecule has 0 aliphatic rings. The van der Waals surface area contributed by atoms with Gasteiger partial charge in [0.25, 0.3) is 0 Å². The normalized spacial score (nSPS) is 9.12. The van der Waals surface area contributed by atoms with Crippen LogP contribution in [0.5, 0.6) is 0 Å². The number of hydrogen-bond acceptors (Lipinski definition) is 1. The topological polar surface area (TPSA) is 36.7 Å². The van der Waals surface area contributed by atoms with E-state index in [1.165, 1.54) is 12.3 Å². The standard InChI is InChI=1S/C5H4ClN2/c6-5-3-4(7)1-2-8-5/h1-3,7H. The average molecular weight is 128 g/mol. The Morgan fingerprint density at radius 2 is 2.38 bits per heavy atom. The zero-order valence-electron chi connectivity index (χ0n) is 4.06. The molecule has 0 saturated carbocycles.